The molecule has 3 heteroatoms. The Bertz CT molecular complexity index is 502. The topological polar surface area (TPSA) is 26.3 Å². The first-order valence-electron chi connectivity index (χ1n) is 4.69. The van der Waals surface area contributed by atoms with Gasteiger partial charge in [-0.1, -0.05) is 24.3 Å². The van der Waals surface area contributed by atoms with E-state index in [2.05, 4.69) is 0 Å². The summed E-state index contributed by atoms with van der Waals surface area (Å²) in [5.41, 5.74) is 1.67. The predicted molar refractivity (Wildman–Crippen MR) is 58.0 cm³/mol. The summed E-state index contributed by atoms with van der Waals surface area (Å²) >= 11 is 1.61. The van der Waals surface area contributed by atoms with E-state index in [1.165, 1.54) is 0 Å². The number of hydrogen-bond donors (Lipinski definition) is 0. The highest BCUT2D eigenvalue weighted by atomic mass is 32.1. The van der Waals surface area contributed by atoms with E-state index in [0.717, 1.165) is 10.4 Å². The Morgan fingerprint density at radius 3 is 2.80 bits per heavy atom. The highest BCUT2D eigenvalue weighted by Crippen LogP contribution is 2.37. The predicted octanol–water partition coefficient (Wildman–Crippen LogP) is 3.01. The van der Waals surface area contributed by atoms with E-state index in [-0.39, 0.29) is 12.1 Å². The molecule has 0 saturated carbocycles. The SMILES string of the molecule is O=C1O[C@H](c2cccs2)c2ccccc21. The summed E-state index contributed by atoms with van der Waals surface area (Å²) in [4.78, 5) is 12.6. The van der Waals surface area contributed by atoms with Gasteiger partial charge in [-0.3, -0.25) is 0 Å². The minimum absolute atomic E-state index is 0.200. The van der Waals surface area contributed by atoms with Crippen LogP contribution in [0.15, 0.2) is 41.8 Å². The fourth-order valence-corrected chi connectivity index (χ4v) is 2.57. The monoisotopic (exact) mass is 216 g/mol. The molecule has 2 aromatic rings. The third kappa shape index (κ3) is 1.27. The molecule has 2 nitrogen and oxygen atoms in total. The van der Waals surface area contributed by atoms with Gasteiger partial charge in [0.05, 0.1) is 5.56 Å². The minimum Gasteiger partial charge on any atom is -0.448 e. The van der Waals surface area contributed by atoms with Gasteiger partial charge in [-0.25, -0.2) is 4.79 Å². The van der Waals surface area contributed by atoms with Gasteiger partial charge in [-0.15, -0.1) is 11.3 Å². The molecule has 3 rings (SSSR count). The summed E-state index contributed by atoms with van der Waals surface area (Å²) < 4.78 is 5.35. The molecule has 0 bridgehead atoms. The van der Waals surface area contributed by atoms with Crippen LogP contribution in [0.3, 0.4) is 0 Å². The number of carbonyl (C=O) groups excluding carboxylic acids is 1. The van der Waals surface area contributed by atoms with Crippen LogP contribution in [0.4, 0.5) is 0 Å². The summed E-state index contributed by atoms with van der Waals surface area (Å²) in [6, 6.07) is 11.5. The van der Waals surface area contributed by atoms with Crippen LogP contribution in [0.1, 0.15) is 26.9 Å². The first-order valence-corrected chi connectivity index (χ1v) is 5.57. The van der Waals surface area contributed by atoms with Crippen molar-refractivity contribution in [3.05, 3.63) is 57.8 Å². The van der Waals surface area contributed by atoms with Crippen LogP contribution in [0, 0.1) is 0 Å². The van der Waals surface area contributed by atoms with Crippen LogP contribution >= 0.6 is 11.3 Å². The normalized spacial score (nSPS) is 18.7. The van der Waals surface area contributed by atoms with Gasteiger partial charge in [-0.2, -0.15) is 0 Å². The molecule has 0 unspecified atom stereocenters. The van der Waals surface area contributed by atoms with E-state index in [1.807, 2.05) is 41.8 Å². The molecular weight excluding hydrogens is 208 g/mol. The maximum Gasteiger partial charge on any atom is 0.339 e. The van der Waals surface area contributed by atoms with Crippen molar-refractivity contribution in [3.8, 4) is 0 Å². The Labute approximate surface area is 91.1 Å². The van der Waals surface area contributed by atoms with E-state index >= 15 is 0 Å². The molecule has 2 heterocycles. The second-order valence-electron chi connectivity index (χ2n) is 3.39. The van der Waals surface area contributed by atoms with Crippen LogP contribution < -0.4 is 0 Å². The number of esters is 1. The Morgan fingerprint density at radius 2 is 2.00 bits per heavy atom. The Morgan fingerprint density at radius 1 is 1.13 bits per heavy atom. The van der Waals surface area contributed by atoms with Gasteiger partial charge in [0.15, 0.2) is 6.10 Å². The number of hydrogen-bond acceptors (Lipinski definition) is 3. The lowest BCUT2D eigenvalue weighted by Crippen LogP contribution is -1.97. The zero-order valence-electron chi connectivity index (χ0n) is 7.84. The number of thiophene rings is 1. The van der Waals surface area contributed by atoms with Crippen LogP contribution in [0.2, 0.25) is 0 Å². The van der Waals surface area contributed by atoms with Gasteiger partial charge in [0, 0.05) is 10.4 Å². The molecule has 15 heavy (non-hydrogen) atoms. The maximum atomic E-state index is 11.6. The molecule has 1 aromatic carbocycles. The van der Waals surface area contributed by atoms with Gasteiger partial charge in [0.1, 0.15) is 0 Å². The summed E-state index contributed by atoms with van der Waals surface area (Å²) in [5.74, 6) is -0.219. The standard InChI is InChI=1S/C12H8O2S/c13-12-9-5-2-1-4-8(9)11(14-12)10-6-3-7-15-10/h1-7,11H/t11-/m0/s1. The molecule has 0 fully saturated rings. The second-order valence-corrected chi connectivity index (χ2v) is 4.37. The van der Waals surface area contributed by atoms with E-state index in [0.29, 0.717) is 5.56 Å². The first kappa shape index (κ1) is 8.68. The second kappa shape index (κ2) is 3.21. The smallest absolute Gasteiger partial charge is 0.339 e. The number of fused-ring (bicyclic) bond motifs is 1. The Hall–Kier alpha value is -1.61. The molecule has 1 aliphatic heterocycles. The summed E-state index contributed by atoms with van der Waals surface area (Å²) in [6.45, 7) is 0. The van der Waals surface area contributed by atoms with E-state index in [9.17, 15) is 4.79 Å². The quantitative estimate of drug-likeness (QED) is 0.685. The van der Waals surface area contributed by atoms with Crippen molar-refractivity contribution in [1.82, 2.24) is 0 Å². The van der Waals surface area contributed by atoms with Crippen molar-refractivity contribution in [1.29, 1.82) is 0 Å². The Balaban J connectivity index is 2.13. The molecule has 0 N–H and O–H groups in total. The third-order valence-electron chi connectivity index (χ3n) is 2.49. The van der Waals surface area contributed by atoms with Crippen LogP contribution in [-0.2, 0) is 4.74 Å². The average Bonchev–Trinajstić information content (AvgIpc) is 2.87. The fourth-order valence-electron chi connectivity index (χ4n) is 1.80. The van der Waals surface area contributed by atoms with Gasteiger partial charge >= 0.3 is 5.97 Å². The van der Waals surface area contributed by atoms with Gasteiger partial charge in [0.2, 0.25) is 0 Å². The zero-order valence-corrected chi connectivity index (χ0v) is 8.66. The number of carbonyl (C=O) groups is 1. The molecule has 0 radical (unpaired) electrons. The summed E-state index contributed by atoms with van der Waals surface area (Å²) in [7, 11) is 0. The van der Waals surface area contributed by atoms with Crippen LogP contribution in [-0.4, -0.2) is 5.97 Å². The highest BCUT2D eigenvalue weighted by Gasteiger charge is 2.31. The number of rotatable bonds is 1. The van der Waals surface area contributed by atoms with Crippen molar-refractivity contribution >= 4 is 17.3 Å². The molecule has 0 saturated heterocycles. The van der Waals surface area contributed by atoms with Crippen molar-refractivity contribution in [3.63, 3.8) is 0 Å². The molecular formula is C12H8O2S. The van der Waals surface area contributed by atoms with Crippen LogP contribution in [0.25, 0.3) is 0 Å². The molecule has 1 aliphatic rings. The van der Waals surface area contributed by atoms with Crippen molar-refractivity contribution in [2.45, 2.75) is 6.10 Å². The number of ether oxygens (including phenoxy) is 1. The molecule has 0 aliphatic carbocycles. The lowest BCUT2D eigenvalue weighted by molar-refractivity contribution is 0.0461. The zero-order chi connectivity index (χ0) is 10.3. The molecule has 74 valence electrons. The lowest BCUT2D eigenvalue weighted by atomic mass is 10.0. The van der Waals surface area contributed by atoms with Crippen molar-refractivity contribution in [2.24, 2.45) is 0 Å². The molecule has 0 spiro atoms. The average molecular weight is 216 g/mol. The summed E-state index contributed by atoms with van der Waals surface area (Å²) in [5, 5.41) is 1.99. The van der Waals surface area contributed by atoms with Gasteiger partial charge < -0.3 is 4.74 Å². The van der Waals surface area contributed by atoms with Crippen LogP contribution in [0.5, 0.6) is 0 Å². The van der Waals surface area contributed by atoms with Crippen molar-refractivity contribution in [2.75, 3.05) is 0 Å². The van der Waals surface area contributed by atoms with Gasteiger partial charge in [-0.05, 0) is 17.5 Å². The highest BCUT2D eigenvalue weighted by molar-refractivity contribution is 7.10. The largest absolute Gasteiger partial charge is 0.448 e. The molecule has 1 aromatic heterocycles. The third-order valence-corrected chi connectivity index (χ3v) is 3.41. The maximum absolute atomic E-state index is 11.6. The van der Waals surface area contributed by atoms with Gasteiger partial charge in [0.25, 0.3) is 0 Å². The van der Waals surface area contributed by atoms with Crippen molar-refractivity contribution < 1.29 is 9.53 Å². The fraction of sp³-hybridized carbons (Fsp3) is 0.0833. The number of cyclic esters (lactones) is 1. The molecule has 0 amide bonds. The van der Waals surface area contributed by atoms with E-state index < -0.39 is 0 Å². The Kier molecular flexibility index (Phi) is 1.86. The first-order chi connectivity index (χ1) is 7.36. The minimum atomic E-state index is -0.219. The molecule has 1 atom stereocenters. The summed E-state index contributed by atoms with van der Waals surface area (Å²) in [6.07, 6.45) is -0.200. The van der Waals surface area contributed by atoms with E-state index in [4.69, 9.17) is 4.74 Å². The lowest BCUT2D eigenvalue weighted by Gasteiger charge is -2.07. The number of benzene rings is 1. The van der Waals surface area contributed by atoms with E-state index in [1.54, 1.807) is 11.3 Å².